The second-order valence-corrected chi connectivity index (χ2v) is 5.70. The van der Waals surface area contributed by atoms with Crippen LogP contribution in [0.5, 0.6) is 0 Å². The molecule has 0 amide bonds. The monoisotopic (exact) mass is 269 g/mol. The highest BCUT2D eigenvalue weighted by molar-refractivity contribution is 5.30. The number of hydrogen-bond acceptors (Lipinski definition) is 2. The topological polar surface area (TPSA) is 25.2 Å². The summed E-state index contributed by atoms with van der Waals surface area (Å²) in [7, 11) is 2.04. The molecular formula is C18H23NO. The summed E-state index contributed by atoms with van der Waals surface area (Å²) in [6.07, 6.45) is 4.51. The second-order valence-electron chi connectivity index (χ2n) is 5.70. The Morgan fingerprint density at radius 2 is 2.00 bits per heavy atom. The SMILES string of the molecule is CCc1ccc(C(NC)C2CCc3ccccc3C2)o1. The van der Waals surface area contributed by atoms with Gasteiger partial charge >= 0.3 is 0 Å². The largest absolute Gasteiger partial charge is 0.464 e. The van der Waals surface area contributed by atoms with E-state index >= 15 is 0 Å². The standard InChI is InChI=1S/C18H23NO/c1-3-16-10-11-17(20-16)18(19-2)15-9-8-13-6-4-5-7-14(13)12-15/h4-7,10-11,15,18-19H,3,8-9,12H2,1-2H3. The molecule has 1 aliphatic rings. The number of nitrogens with one attached hydrogen (secondary N) is 1. The van der Waals surface area contributed by atoms with Crippen molar-refractivity contribution in [2.75, 3.05) is 7.05 Å². The number of hydrogen-bond donors (Lipinski definition) is 1. The van der Waals surface area contributed by atoms with Gasteiger partial charge in [-0.3, -0.25) is 0 Å². The molecule has 0 saturated heterocycles. The van der Waals surface area contributed by atoms with E-state index in [2.05, 4.69) is 48.6 Å². The van der Waals surface area contributed by atoms with E-state index in [4.69, 9.17) is 4.42 Å². The molecule has 2 unspecified atom stereocenters. The van der Waals surface area contributed by atoms with Crippen LogP contribution in [0.3, 0.4) is 0 Å². The van der Waals surface area contributed by atoms with E-state index < -0.39 is 0 Å². The zero-order valence-corrected chi connectivity index (χ0v) is 12.4. The minimum atomic E-state index is 0.323. The van der Waals surface area contributed by atoms with Crippen molar-refractivity contribution in [3.05, 3.63) is 59.0 Å². The molecule has 2 nitrogen and oxygen atoms in total. The second kappa shape index (κ2) is 5.84. The molecule has 0 saturated carbocycles. The van der Waals surface area contributed by atoms with Crippen molar-refractivity contribution >= 4 is 0 Å². The summed E-state index contributed by atoms with van der Waals surface area (Å²) in [6, 6.07) is 13.4. The van der Waals surface area contributed by atoms with E-state index in [1.807, 2.05) is 7.05 Å². The Bertz CT molecular complexity index is 572. The summed E-state index contributed by atoms with van der Waals surface area (Å²) in [5.41, 5.74) is 3.03. The fourth-order valence-electron chi connectivity index (χ4n) is 3.37. The molecule has 2 aromatic rings. The predicted octanol–water partition coefficient (Wildman–Crippen LogP) is 3.91. The first-order valence-electron chi connectivity index (χ1n) is 7.64. The fraction of sp³-hybridized carbons (Fsp3) is 0.444. The van der Waals surface area contributed by atoms with Crippen LogP contribution in [0.2, 0.25) is 0 Å². The first kappa shape index (κ1) is 13.4. The van der Waals surface area contributed by atoms with Crippen molar-refractivity contribution < 1.29 is 4.42 Å². The molecule has 1 N–H and O–H groups in total. The molecule has 1 heterocycles. The van der Waals surface area contributed by atoms with Gasteiger partial charge in [-0.25, -0.2) is 0 Å². The van der Waals surface area contributed by atoms with E-state index in [-0.39, 0.29) is 0 Å². The summed E-state index contributed by atoms with van der Waals surface area (Å²) in [5, 5.41) is 3.46. The zero-order chi connectivity index (χ0) is 13.9. The molecule has 1 aliphatic carbocycles. The molecule has 2 atom stereocenters. The minimum Gasteiger partial charge on any atom is -0.464 e. The van der Waals surface area contributed by atoms with Crippen molar-refractivity contribution in [2.24, 2.45) is 5.92 Å². The van der Waals surface area contributed by atoms with Gasteiger partial charge in [-0.1, -0.05) is 31.2 Å². The van der Waals surface area contributed by atoms with Gasteiger partial charge in [0, 0.05) is 6.42 Å². The summed E-state index contributed by atoms with van der Waals surface area (Å²) < 4.78 is 5.96. The third-order valence-electron chi connectivity index (χ3n) is 4.50. The van der Waals surface area contributed by atoms with Gasteiger partial charge in [0.1, 0.15) is 11.5 Å². The van der Waals surface area contributed by atoms with Crippen molar-refractivity contribution in [3.63, 3.8) is 0 Å². The fourth-order valence-corrected chi connectivity index (χ4v) is 3.37. The molecular weight excluding hydrogens is 246 g/mol. The summed E-state index contributed by atoms with van der Waals surface area (Å²) in [6.45, 7) is 2.13. The highest BCUT2D eigenvalue weighted by Crippen LogP contribution is 2.34. The highest BCUT2D eigenvalue weighted by Gasteiger charge is 2.28. The highest BCUT2D eigenvalue weighted by atomic mass is 16.3. The van der Waals surface area contributed by atoms with Crippen molar-refractivity contribution in [2.45, 2.75) is 38.6 Å². The lowest BCUT2D eigenvalue weighted by atomic mass is 9.79. The zero-order valence-electron chi connectivity index (χ0n) is 12.4. The lowest BCUT2D eigenvalue weighted by molar-refractivity contribution is 0.292. The molecule has 3 rings (SSSR count). The Morgan fingerprint density at radius 3 is 2.70 bits per heavy atom. The molecule has 0 spiro atoms. The van der Waals surface area contributed by atoms with E-state index in [9.17, 15) is 0 Å². The molecule has 2 heteroatoms. The lowest BCUT2D eigenvalue weighted by Crippen LogP contribution is -2.29. The number of fused-ring (bicyclic) bond motifs is 1. The van der Waals surface area contributed by atoms with Gasteiger partial charge in [0.15, 0.2) is 0 Å². The molecule has 1 aromatic carbocycles. The average Bonchev–Trinajstić information content (AvgIpc) is 2.97. The van der Waals surface area contributed by atoms with Crippen LogP contribution in [0.4, 0.5) is 0 Å². The van der Waals surface area contributed by atoms with Crippen molar-refractivity contribution in [3.8, 4) is 0 Å². The van der Waals surface area contributed by atoms with E-state index in [1.165, 1.54) is 24.0 Å². The van der Waals surface area contributed by atoms with E-state index in [0.29, 0.717) is 12.0 Å². The van der Waals surface area contributed by atoms with E-state index in [1.54, 1.807) is 0 Å². The molecule has 106 valence electrons. The third kappa shape index (κ3) is 2.53. The molecule has 0 bridgehead atoms. The predicted molar refractivity (Wildman–Crippen MR) is 81.8 cm³/mol. The Morgan fingerprint density at radius 1 is 1.20 bits per heavy atom. The Balaban J connectivity index is 1.81. The summed E-state index contributed by atoms with van der Waals surface area (Å²) in [4.78, 5) is 0. The van der Waals surface area contributed by atoms with Gasteiger partial charge in [0.25, 0.3) is 0 Å². The molecule has 1 aromatic heterocycles. The van der Waals surface area contributed by atoms with Crippen LogP contribution in [-0.4, -0.2) is 7.05 Å². The first-order valence-corrected chi connectivity index (χ1v) is 7.64. The maximum absolute atomic E-state index is 5.96. The van der Waals surface area contributed by atoms with Crippen molar-refractivity contribution in [1.29, 1.82) is 0 Å². The summed E-state index contributed by atoms with van der Waals surface area (Å²) >= 11 is 0. The maximum atomic E-state index is 5.96. The van der Waals surface area contributed by atoms with Gasteiger partial charge in [-0.2, -0.15) is 0 Å². The molecule has 0 radical (unpaired) electrons. The summed E-state index contributed by atoms with van der Waals surface area (Å²) in [5.74, 6) is 2.79. The van der Waals surface area contributed by atoms with Crippen LogP contribution in [0.1, 0.15) is 42.0 Å². The van der Waals surface area contributed by atoms with Crippen LogP contribution in [-0.2, 0) is 19.3 Å². The Hall–Kier alpha value is -1.54. The minimum absolute atomic E-state index is 0.323. The van der Waals surface area contributed by atoms with Crippen LogP contribution >= 0.6 is 0 Å². The van der Waals surface area contributed by atoms with Crippen LogP contribution in [0.15, 0.2) is 40.8 Å². The van der Waals surface area contributed by atoms with Gasteiger partial charge < -0.3 is 9.73 Å². The normalized spacial score (nSPS) is 19.6. The van der Waals surface area contributed by atoms with Crippen LogP contribution in [0, 0.1) is 5.92 Å². The molecule has 0 aliphatic heterocycles. The van der Waals surface area contributed by atoms with Crippen LogP contribution < -0.4 is 5.32 Å². The number of benzene rings is 1. The third-order valence-corrected chi connectivity index (χ3v) is 4.50. The first-order chi connectivity index (χ1) is 9.81. The van der Waals surface area contributed by atoms with E-state index in [0.717, 1.165) is 24.4 Å². The smallest absolute Gasteiger partial charge is 0.121 e. The molecule has 20 heavy (non-hydrogen) atoms. The molecule has 0 fully saturated rings. The number of aryl methyl sites for hydroxylation is 2. The number of rotatable bonds is 4. The van der Waals surface area contributed by atoms with Crippen LogP contribution in [0.25, 0.3) is 0 Å². The average molecular weight is 269 g/mol. The number of furan rings is 1. The lowest BCUT2D eigenvalue weighted by Gasteiger charge is -2.30. The Kier molecular flexibility index (Phi) is 3.93. The Labute approximate surface area is 121 Å². The van der Waals surface area contributed by atoms with Gasteiger partial charge in [-0.15, -0.1) is 0 Å². The maximum Gasteiger partial charge on any atom is 0.121 e. The van der Waals surface area contributed by atoms with Gasteiger partial charge in [0.2, 0.25) is 0 Å². The van der Waals surface area contributed by atoms with Gasteiger partial charge in [0.05, 0.1) is 6.04 Å². The van der Waals surface area contributed by atoms with Gasteiger partial charge in [-0.05, 0) is 55.5 Å². The quantitative estimate of drug-likeness (QED) is 0.910. The van der Waals surface area contributed by atoms with Crippen molar-refractivity contribution in [1.82, 2.24) is 5.32 Å².